The summed E-state index contributed by atoms with van der Waals surface area (Å²) in [6.07, 6.45) is 1.57. The van der Waals surface area contributed by atoms with Gasteiger partial charge in [0.15, 0.2) is 0 Å². The van der Waals surface area contributed by atoms with Gasteiger partial charge in [-0.1, -0.05) is 35.3 Å². The maximum absolute atomic E-state index is 13.1. The Morgan fingerprint density at radius 3 is 2.21 bits per heavy atom. The largest absolute Gasteiger partial charge is 0.478 e. The molecule has 4 aromatic rings. The van der Waals surface area contributed by atoms with Crippen molar-refractivity contribution < 1.29 is 19.4 Å². The summed E-state index contributed by atoms with van der Waals surface area (Å²) in [5, 5.41) is 10.5. The lowest BCUT2D eigenvalue weighted by molar-refractivity contribution is 0.0696. The van der Waals surface area contributed by atoms with Crippen LogP contribution in [0.1, 0.15) is 26.4 Å². The molecule has 0 bridgehead atoms. The molecule has 6 nitrogen and oxygen atoms in total. The molecule has 1 N–H and O–H groups in total. The Kier molecular flexibility index (Phi) is 6.82. The van der Waals surface area contributed by atoms with Gasteiger partial charge in [0, 0.05) is 23.3 Å². The number of carbonyl (C=O) groups is 2. The van der Waals surface area contributed by atoms with E-state index in [1.165, 1.54) is 18.2 Å². The number of halogens is 2. The van der Waals surface area contributed by atoms with Crippen molar-refractivity contribution in [3.8, 4) is 11.5 Å². The minimum absolute atomic E-state index is 0.0907. The van der Waals surface area contributed by atoms with Crippen molar-refractivity contribution in [2.45, 2.75) is 0 Å². The SMILES string of the molecule is CN(c1ccc(Cl)cc1)c1ccc(C(=O)c2cc(Oc3ccccc3Cl)cc(C(=O)O)c2)nc1. The molecule has 0 aliphatic heterocycles. The zero-order valence-corrected chi connectivity index (χ0v) is 19.4. The summed E-state index contributed by atoms with van der Waals surface area (Å²) in [4.78, 5) is 30.9. The highest BCUT2D eigenvalue weighted by molar-refractivity contribution is 6.32. The van der Waals surface area contributed by atoms with E-state index < -0.39 is 11.8 Å². The molecule has 0 aliphatic rings. The lowest BCUT2D eigenvalue weighted by Gasteiger charge is -2.19. The van der Waals surface area contributed by atoms with Crippen molar-refractivity contribution in [1.82, 2.24) is 4.98 Å². The Balaban J connectivity index is 1.61. The van der Waals surface area contributed by atoms with Crippen LogP contribution >= 0.6 is 23.2 Å². The zero-order valence-electron chi connectivity index (χ0n) is 17.9. The number of pyridine rings is 1. The van der Waals surface area contributed by atoms with Gasteiger partial charge in [0.25, 0.3) is 0 Å². The quantitative estimate of drug-likeness (QED) is 0.283. The molecule has 0 aliphatic carbocycles. The average molecular weight is 493 g/mol. The van der Waals surface area contributed by atoms with E-state index in [4.69, 9.17) is 27.9 Å². The molecule has 0 unspecified atom stereocenters. The number of carbonyl (C=O) groups excluding carboxylic acids is 1. The number of hydrogen-bond donors (Lipinski definition) is 1. The second kappa shape index (κ2) is 9.95. The van der Waals surface area contributed by atoms with Crippen LogP contribution in [0.2, 0.25) is 10.0 Å². The van der Waals surface area contributed by atoms with Crippen LogP contribution in [0.5, 0.6) is 11.5 Å². The predicted octanol–water partition coefficient (Wildman–Crippen LogP) is 6.88. The van der Waals surface area contributed by atoms with Gasteiger partial charge in [-0.25, -0.2) is 4.79 Å². The number of ether oxygens (including phenoxy) is 1. The predicted molar refractivity (Wildman–Crippen MR) is 132 cm³/mol. The van der Waals surface area contributed by atoms with Gasteiger partial charge in [-0.2, -0.15) is 0 Å². The fourth-order valence-electron chi connectivity index (χ4n) is 3.25. The lowest BCUT2D eigenvalue weighted by Crippen LogP contribution is -2.11. The fraction of sp³-hybridized carbons (Fsp3) is 0.0385. The molecule has 170 valence electrons. The van der Waals surface area contributed by atoms with Gasteiger partial charge in [0.2, 0.25) is 5.78 Å². The molecule has 34 heavy (non-hydrogen) atoms. The number of nitrogens with zero attached hydrogens (tertiary/aromatic N) is 2. The number of carboxylic acids is 1. The van der Waals surface area contributed by atoms with Crippen molar-refractivity contribution in [2.75, 3.05) is 11.9 Å². The summed E-state index contributed by atoms with van der Waals surface area (Å²) in [5.74, 6) is -1.10. The number of hydrogen-bond acceptors (Lipinski definition) is 5. The smallest absolute Gasteiger partial charge is 0.335 e. The van der Waals surface area contributed by atoms with Crippen LogP contribution in [0.4, 0.5) is 11.4 Å². The summed E-state index contributed by atoms with van der Waals surface area (Å²) in [5.41, 5.74) is 1.88. The van der Waals surface area contributed by atoms with E-state index in [-0.39, 0.29) is 22.6 Å². The first-order valence-electron chi connectivity index (χ1n) is 10.1. The molecule has 1 aromatic heterocycles. The van der Waals surface area contributed by atoms with Crippen molar-refractivity contribution in [2.24, 2.45) is 0 Å². The van der Waals surface area contributed by atoms with Gasteiger partial charge in [0.1, 0.15) is 17.2 Å². The van der Waals surface area contributed by atoms with E-state index in [0.29, 0.717) is 15.8 Å². The highest BCUT2D eigenvalue weighted by Crippen LogP contribution is 2.31. The second-order valence-corrected chi connectivity index (χ2v) is 8.19. The van der Waals surface area contributed by atoms with Gasteiger partial charge in [-0.15, -0.1) is 0 Å². The molecule has 0 saturated carbocycles. The van der Waals surface area contributed by atoms with Crippen LogP contribution in [0.15, 0.2) is 85.1 Å². The van der Waals surface area contributed by atoms with Crippen LogP contribution in [0, 0.1) is 0 Å². The first-order valence-corrected chi connectivity index (χ1v) is 10.9. The van der Waals surface area contributed by atoms with Crippen molar-refractivity contribution in [3.63, 3.8) is 0 Å². The Morgan fingerprint density at radius 2 is 1.56 bits per heavy atom. The summed E-state index contributed by atoms with van der Waals surface area (Å²) in [6, 6.07) is 21.5. The van der Waals surface area contributed by atoms with Crippen molar-refractivity contribution in [1.29, 1.82) is 0 Å². The number of rotatable bonds is 7. The molecule has 0 fully saturated rings. The van der Waals surface area contributed by atoms with E-state index in [1.54, 1.807) is 54.7 Å². The number of para-hydroxylation sites is 1. The molecule has 0 spiro atoms. The molecule has 0 atom stereocenters. The number of aromatic nitrogens is 1. The van der Waals surface area contributed by atoms with Crippen LogP contribution in [0.25, 0.3) is 0 Å². The Bertz CT molecular complexity index is 1360. The molecule has 0 saturated heterocycles. The number of ketones is 1. The minimum atomic E-state index is -1.19. The maximum Gasteiger partial charge on any atom is 0.335 e. The number of aromatic carboxylic acids is 1. The number of benzene rings is 3. The Labute approximate surface area is 206 Å². The summed E-state index contributed by atoms with van der Waals surface area (Å²) in [7, 11) is 1.87. The first-order chi connectivity index (χ1) is 16.3. The monoisotopic (exact) mass is 492 g/mol. The topological polar surface area (TPSA) is 79.7 Å². The van der Waals surface area contributed by atoms with Crippen molar-refractivity contribution in [3.05, 3.63) is 112 Å². The average Bonchev–Trinajstić information content (AvgIpc) is 2.85. The molecular formula is C26H18Cl2N2O4. The van der Waals surface area contributed by atoms with E-state index in [1.807, 2.05) is 24.1 Å². The summed E-state index contributed by atoms with van der Waals surface area (Å²) in [6.45, 7) is 0. The van der Waals surface area contributed by atoms with Gasteiger partial charge in [-0.3, -0.25) is 9.78 Å². The molecule has 8 heteroatoms. The van der Waals surface area contributed by atoms with Gasteiger partial charge in [0.05, 0.1) is 22.5 Å². The van der Waals surface area contributed by atoms with Crippen molar-refractivity contribution >= 4 is 46.3 Å². The van der Waals surface area contributed by atoms with E-state index >= 15 is 0 Å². The van der Waals surface area contributed by atoms with Gasteiger partial charge >= 0.3 is 5.97 Å². The van der Waals surface area contributed by atoms with Crippen LogP contribution in [0.3, 0.4) is 0 Å². The maximum atomic E-state index is 13.1. The molecule has 0 radical (unpaired) electrons. The van der Waals surface area contributed by atoms with E-state index in [9.17, 15) is 14.7 Å². The fourth-order valence-corrected chi connectivity index (χ4v) is 3.55. The third-order valence-electron chi connectivity index (χ3n) is 5.06. The molecule has 1 heterocycles. The summed E-state index contributed by atoms with van der Waals surface area (Å²) < 4.78 is 5.75. The highest BCUT2D eigenvalue weighted by Gasteiger charge is 2.17. The van der Waals surface area contributed by atoms with Crippen LogP contribution < -0.4 is 9.64 Å². The standard InChI is InChI=1S/C26H18Cl2N2O4/c1-30(19-8-6-18(27)7-9-19)20-10-11-23(29-15-20)25(31)16-12-17(26(32)33)14-21(13-16)34-24-5-3-2-4-22(24)28/h2-15H,1H3,(H,32,33). The second-order valence-electron chi connectivity index (χ2n) is 7.35. The molecular weight excluding hydrogens is 475 g/mol. The summed E-state index contributed by atoms with van der Waals surface area (Å²) >= 11 is 12.1. The van der Waals surface area contributed by atoms with Crippen LogP contribution in [-0.4, -0.2) is 28.9 Å². The normalized spacial score (nSPS) is 10.6. The zero-order chi connectivity index (χ0) is 24.2. The van der Waals surface area contributed by atoms with Crippen LogP contribution in [-0.2, 0) is 0 Å². The molecule has 3 aromatic carbocycles. The molecule has 0 amide bonds. The lowest BCUT2D eigenvalue weighted by atomic mass is 10.0. The van der Waals surface area contributed by atoms with Gasteiger partial charge in [-0.05, 0) is 66.7 Å². The number of anilines is 2. The Morgan fingerprint density at radius 1 is 0.882 bits per heavy atom. The molecule has 4 rings (SSSR count). The Hall–Kier alpha value is -3.87. The minimum Gasteiger partial charge on any atom is -0.478 e. The third kappa shape index (κ3) is 5.20. The first kappa shape index (κ1) is 23.3. The van der Waals surface area contributed by atoms with Gasteiger partial charge < -0.3 is 14.7 Å². The third-order valence-corrected chi connectivity index (χ3v) is 5.63. The highest BCUT2D eigenvalue weighted by atomic mass is 35.5. The van der Waals surface area contributed by atoms with E-state index in [2.05, 4.69) is 4.98 Å². The van der Waals surface area contributed by atoms with E-state index in [0.717, 1.165) is 11.4 Å². The number of carboxylic acid groups (broad SMARTS) is 1.